The summed E-state index contributed by atoms with van der Waals surface area (Å²) >= 11 is 0. The first kappa shape index (κ1) is 12.1. The maximum Gasteiger partial charge on any atom is 0.338 e. The third kappa shape index (κ3) is 2.84. The number of hydrogen-bond acceptors (Lipinski definition) is 3. The summed E-state index contributed by atoms with van der Waals surface area (Å²) in [5.41, 5.74) is 2.60. The number of pyridine rings is 1. The van der Waals surface area contributed by atoms with Gasteiger partial charge in [0.25, 0.3) is 0 Å². The van der Waals surface area contributed by atoms with Crippen molar-refractivity contribution in [3.63, 3.8) is 0 Å². The van der Waals surface area contributed by atoms with E-state index in [9.17, 15) is 4.79 Å². The summed E-state index contributed by atoms with van der Waals surface area (Å²) in [6.45, 7) is 4.17. The van der Waals surface area contributed by atoms with Crippen molar-refractivity contribution in [1.82, 2.24) is 4.98 Å². The van der Waals surface area contributed by atoms with Crippen molar-refractivity contribution in [1.29, 1.82) is 0 Å². The summed E-state index contributed by atoms with van der Waals surface area (Å²) in [6, 6.07) is 3.71. The predicted molar refractivity (Wildman–Crippen MR) is 66.1 cm³/mol. The van der Waals surface area contributed by atoms with Gasteiger partial charge in [0.1, 0.15) is 0 Å². The lowest BCUT2D eigenvalue weighted by Gasteiger charge is -2.11. The molecule has 0 saturated heterocycles. The van der Waals surface area contributed by atoms with Crippen molar-refractivity contribution >= 4 is 5.97 Å². The second-order valence-corrected chi connectivity index (χ2v) is 4.62. The monoisotopic (exact) mass is 233 g/mol. The van der Waals surface area contributed by atoms with Crippen LogP contribution in [0.5, 0.6) is 0 Å². The van der Waals surface area contributed by atoms with Gasteiger partial charge in [-0.2, -0.15) is 0 Å². The molecule has 1 fully saturated rings. The summed E-state index contributed by atoms with van der Waals surface area (Å²) in [5, 5.41) is 0. The van der Waals surface area contributed by atoms with Crippen LogP contribution in [-0.2, 0) is 4.74 Å². The van der Waals surface area contributed by atoms with E-state index in [4.69, 9.17) is 4.74 Å². The zero-order valence-electron chi connectivity index (χ0n) is 10.5. The highest BCUT2D eigenvalue weighted by molar-refractivity contribution is 5.89. The van der Waals surface area contributed by atoms with Crippen molar-refractivity contribution < 1.29 is 9.53 Å². The zero-order valence-corrected chi connectivity index (χ0v) is 10.5. The Kier molecular flexibility index (Phi) is 3.77. The lowest BCUT2D eigenvalue weighted by Crippen LogP contribution is -2.08. The predicted octanol–water partition coefficient (Wildman–Crippen LogP) is 3.22. The van der Waals surface area contributed by atoms with Gasteiger partial charge in [-0.1, -0.05) is 12.8 Å². The Balaban J connectivity index is 2.25. The lowest BCUT2D eigenvalue weighted by molar-refractivity contribution is 0.0526. The molecule has 0 unspecified atom stereocenters. The second kappa shape index (κ2) is 5.30. The average Bonchev–Trinajstić information content (AvgIpc) is 2.82. The Bertz CT molecular complexity index is 409. The van der Waals surface area contributed by atoms with E-state index in [1.807, 2.05) is 19.9 Å². The fourth-order valence-corrected chi connectivity index (χ4v) is 2.46. The normalized spacial score (nSPS) is 16.1. The molecular formula is C14H19NO2. The van der Waals surface area contributed by atoms with Gasteiger partial charge in [0.05, 0.1) is 12.2 Å². The van der Waals surface area contributed by atoms with Gasteiger partial charge in [-0.25, -0.2) is 4.79 Å². The molecule has 0 atom stereocenters. The molecule has 2 rings (SSSR count). The van der Waals surface area contributed by atoms with Crippen LogP contribution in [0, 0.1) is 6.92 Å². The lowest BCUT2D eigenvalue weighted by atomic mass is 10.0. The number of nitrogens with zero attached hydrogens (tertiary/aromatic N) is 1. The minimum absolute atomic E-state index is 0.239. The van der Waals surface area contributed by atoms with Crippen molar-refractivity contribution in [2.45, 2.75) is 45.4 Å². The number of carbonyl (C=O) groups is 1. The molecule has 1 heterocycles. The number of aryl methyl sites for hydroxylation is 1. The SMILES string of the molecule is CCOC(=O)c1cc(C)nc(C2CCCC2)c1. The van der Waals surface area contributed by atoms with Gasteiger partial charge < -0.3 is 4.74 Å². The van der Waals surface area contributed by atoms with E-state index >= 15 is 0 Å². The van der Waals surface area contributed by atoms with E-state index in [0.717, 1.165) is 11.4 Å². The quantitative estimate of drug-likeness (QED) is 0.752. The van der Waals surface area contributed by atoms with Crippen LogP contribution in [0.15, 0.2) is 12.1 Å². The van der Waals surface area contributed by atoms with Crippen molar-refractivity contribution in [2.24, 2.45) is 0 Å². The molecule has 0 N–H and O–H groups in total. The summed E-state index contributed by atoms with van der Waals surface area (Å²) in [5.74, 6) is 0.292. The Labute approximate surface area is 102 Å². The number of aromatic nitrogens is 1. The minimum Gasteiger partial charge on any atom is -0.462 e. The Hall–Kier alpha value is -1.38. The maximum atomic E-state index is 11.7. The Morgan fingerprint density at radius 2 is 2.12 bits per heavy atom. The second-order valence-electron chi connectivity index (χ2n) is 4.62. The molecule has 0 aliphatic heterocycles. The van der Waals surface area contributed by atoms with E-state index in [-0.39, 0.29) is 5.97 Å². The van der Waals surface area contributed by atoms with E-state index in [1.54, 1.807) is 6.07 Å². The van der Waals surface area contributed by atoms with Crippen molar-refractivity contribution in [3.8, 4) is 0 Å². The number of carbonyl (C=O) groups excluding carboxylic acids is 1. The molecule has 0 aromatic carbocycles. The van der Waals surface area contributed by atoms with Crippen LogP contribution in [0.1, 0.15) is 60.3 Å². The molecule has 3 heteroatoms. The zero-order chi connectivity index (χ0) is 12.3. The topological polar surface area (TPSA) is 39.2 Å². The van der Waals surface area contributed by atoms with Crippen LogP contribution >= 0.6 is 0 Å². The van der Waals surface area contributed by atoms with Gasteiger partial charge in [0.15, 0.2) is 0 Å². The summed E-state index contributed by atoms with van der Waals surface area (Å²) in [7, 11) is 0. The molecule has 0 bridgehead atoms. The fraction of sp³-hybridized carbons (Fsp3) is 0.571. The van der Waals surface area contributed by atoms with Gasteiger partial charge in [-0.05, 0) is 38.8 Å². The van der Waals surface area contributed by atoms with E-state index in [1.165, 1.54) is 25.7 Å². The maximum absolute atomic E-state index is 11.7. The van der Waals surface area contributed by atoms with Crippen molar-refractivity contribution in [2.75, 3.05) is 6.61 Å². The molecule has 1 aromatic rings. The van der Waals surface area contributed by atoms with E-state index in [0.29, 0.717) is 18.1 Å². The Morgan fingerprint density at radius 3 is 2.76 bits per heavy atom. The first-order valence-electron chi connectivity index (χ1n) is 6.36. The van der Waals surface area contributed by atoms with Crippen LogP contribution in [-0.4, -0.2) is 17.6 Å². The van der Waals surface area contributed by atoms with E-state index < -0.39 is 0 Å². The summed E-state index contributed by atoms with van der Waals surface area (Å²) in [4.78, 5) is 16.3. The van der Waals surface area contributed by atoms with Gasteiger partial charge in [0.2, 0.25) is 0 Å². The Morgan fingerprint density at radius 1 is 1.41 bits per heavy atom. The highest BCUT2D eigenvalue weighted by Gasteiger charge is 2.20. The number of esters is 1. The molecule has 1 aliphatic carbocycles. The minimum atomic E-state index is -0.239. The molecular weight excluding hydrogens is 214 g/mol. The number of ether oxygens (including phenoxy) is 1. The fourth-order valence-electron chi connectivity index (χ4n) is 2.46. The third-order valence-corrected chi connectivity index (χ3v) is 3.26. The molecule has 1 aromatic heterocycles. The smallest absolute Gasteiger partial charge is 0.338 e. The molecule has 0 radical (unpaired) electrons. The number of hydrogen-bond donors (Lipinski definition) is 0. The highest BCUT2D eigenvalue weighted by atomic mass is 16.5. The largest absolute Gasteiger partial charge is 0.462 e. The highest BCUT2D eigenvalue weighted by Crippen LogP contribution is 2.33. The van der Waals surface area contributed by atoms with E-state index in [2.05, 4.69) is 4.98 Å². The van der Waals surface area contributed by atoms with Gasteiger partial charge in [-0.3, -0.25) is 4.98 Å². The first-order chi connectivity index (χ1) is 8.20. The molecule has 0 spiro atoms. The van der Waals surface area contributed by atoms with Crippen LogP contribution in [0.2, 0.25) is 0 Å². The third-order valence-electron chi connectivity index (χ3n) is 3.26. The van der Waals surface area contributed by atoms with Crippen LogP contribution < -0.4 is 0 Å². The van der Waals surface area contributed by atoms with Crippen LogP contribution in [0.3, 0.4) is 0 Å². The molecule has 3 nitrogen and oxygen atoms in total. The van der Waals surface area contributed by atoms with Gasteiger partial charge >= 0.3 is 5.97 Å². The van der Waals surface area contributed by atoms with Crippen LogP contribution in [0.4, 0.5) is 0 Å². The standard InChI is InChI=1S/C14H19NO2/c1-3-17-14(16)12-8-10(2)15-13(9-12)11-6-4-5-7-11/h8-9,11H,3-7H2,1-2H3. The van der Waals surface area contributed by atoms with Gasteiger partial charge in [-0.15, -0.1) is 0 Å². The molecule has 17 heavy (non-hydrogen) atoms. The molecule has 1 saturated carbocycles. The average molecular weight is 233 g/mol. The van der Waals surface area contributed by atoms with Crippen LogP contribution in [0.25, 0.3) is 0 Å². The van der Waals surface area contributed by atoms with Gasteiger partial charge in [0, 0.05) is 17.3 Å². The summed E-state index contributed by atoms with van der Waals surface area (Å²) < 4.78 is 5.03. The molecule has 1 aliphatic rings. The first-order valence-corrected chi connectivity index (χ1v) is 6.36. The molecule has 92 valence electrons. The van der Waals surface area contributed by atoms with Crippen molar-refractivity contribution in [3.05, 3.63) is 29.1 Å². The molecule has 0 amide bonds. The number of rotatable bonds is 3. The summed E-state index contributed by atoms with van der Waals surface area (Å²) in [6.07, 6.45) is 4.93.